The maximum absolute atomic E-state index is 5.40. The molecule has 33 heavy (non-hydrogen) atoms. The second kappa shape index (κ2) is 10.5. The third-order valence-corrected chi connectivity index (χ3v) is 5.88. The van der Waals surface area contributed by atoms with E-state index in [2.05, 4.69) is 79.0 Å². The van der Waals surface area contributed by atoms with Crippen molar-refractivity contribution in [2.75, 3.05) is 50.0 Å². The van der Waals surface area contributed by atoms with Crippen LogP contribution in [0.1, 0.15) is 17.7 Å². The lowest BCUT2D eigenvalue weighted by Crippen LogP contribution is -2.37. The maximum atomic E-state index is 5.40. The van der Waals surface area contributed by atoms with E-state index in [4.69, 9.17) is 4.74 Å². The highest BCUT2D eigenvalue weighted by Gasteiger charge is 2.09. The molecule has 3 heterocycles. The number of aromatic amines is 1. The Balaban J connectivity index is 1.16. The fraction of sp³-hybridized carbons (Fsp3) is 0.308. The summed E-state index contributed by atoms with van der Waals surface area (Å²) in [4.78, 5) is 15.0. The molecule has 3 N–H and O–H groups in total. The van der Waals surface area contributed by atoms with E-state index in [9.17, 15) is 0 Å². The summed E-state index contributed by atoms with van der Waals surface area (Å²) in [6.45, 7) is 5.71. The van der Waals surface area contributed by atoms with Crippen LogP contribution >= 0.6 is 0 Å². The first-order chi connectivity index (χ1) is 16.3. The summed E-state index contributed by atoms with van der Waals surface area (Å²) >= 11 is 0. The molecule has 4 aromatic rings. The molecule has 0 atom stereocenters. The normalized spacial score (nSPS) is 14.4. The van der Waals surface area contributed by atoms with Crippen molar-refractivity contribution in [3.05, 3.63) is 78.1 Å². The number of benzene rings is 2. The molecule has 5 rings (SSSR count). The van der Waals surface area contributed by atoms with Gasteiger partial charge in [0.25, 0.3) is 0 Å². The summed E-state index contributed by atoms with van der Waals surface area (Å²) in [7, 11) is 0. The van der Waals surface area contributed by atoms with Crippen molar-refractivity contribution in [2.45, 2.75) is 12.8 Å². The molecule has 1 fully saturated rings. The zero-order valence-electron chi connectivity index (χ0n) is 18.8. The van der Waals surface area contributed by atoms with Crippen LogP contribution in [0.3, 0.4) is 0 Å². The van der Waals surface area contributed by atoms with Gasteiger partial charge in [-0.1, -0.05) is 30.3 Å². The zero-order chi connectivity index (χ0) is 22.3. The van der Waals surface area contributed by atoms with Crippen LogP contribution in [-0.2, 0) is 11.2 Å². The van der Waals surface area contributed by atoms with Crippen LogP contribution < -0.4 is 10.6 Å². The molecule has 0 amide bonds. The monoisotopic (exact) mass is 442 g/mol. The second-order valence-corrected chi connectivity index (χ2v) is 8.38. The van der Waals surface area contributed by atoms with Crippen molar-refractivity contribution in [3.63, 3.8) is 0 Å². The summed E-state index contributed by atoms with van der Waals surface area (Å²) in [5.41, 5.74) is 4.58. The Labute approximate surface area is 194 Å². The largest absolute Gasteiger partial charge is 0.379 e. The van der Waals surface area contributed by atoms with Crippen LogP contribution in [-0.4, -0.2) is 59.2 Å². The van der Waals surface area contributed by atoms with Gasteiger partial charge in [0, 0.05) is 49.1 Å². The highest BCUT2D eigenvalue weighted by Crippen LogP contribution is 2.20. The van der Waals surface area contributed by atoms with Crippen LogP contribution in [0.2, 0.25) is 0 Å². The van der Waals surface area contributed by atoms with Gasteiger partial charge in [-0.05, 0) is 54.2 Å². The van der Waals surface area contributed by atoms with E-state index in [1.165, 1.54) is 22.2 Å². The molecule has 1 aliphatic rings. The molecule has 7 nitrogen and oxygen atoms in total. The number of hydrogen-bond donors (Lipinski definition) is 3. The molecule has 2 aromatic heterocycles. The molecule has 0 saturated carbocycles. The van der Waals surface area contributed by atoms with Crippen molar-refractivity contribution < 1.29 is 4.74 Å². The van der Waals surface area contributed by atoms with Crippen LogP contribution in [0.4, 0.5) is 17.5 Å². The van der Waals surface area contributed by atoms with Gasteiger partial charge in [0.2, 0.25) is 5.95 Å². The summed E-state index contributed by atoms with van der Waals surface area (Å²) in [5, 5.41) is 8.00. The van der Waals surface area contributed by atoms with E-state index >= 15 is 0 Å². The lowest BCUT2D eigenvalue weighted by Gasteiger charge is -2.26. The molecular weight excluding hydrogens is 412 g/mol. The first kappa shape index (κ1) is 21.4. The number of nitrogens with zero attached hydrogens (tertiary/aromatic N) is 3. The summed E-state index contributed by atoms with van der Waals surface area (Å²) < 4.78 is 5.40. The Bertz CT molecular complexity index is 1150. The molecule has 0 bridgehead atoms. The summed E-state index contributed by atoms with van der Waals surface area (Å²) in [6.07, 6.45) is 3.70. The number of rotatable bonds is 9. The minimum absolute atomic E-state index is 0.593. The standard InChI is InChI=1S/C26H30N6O/c1-2-8-24-21(6-1)19-23(29-24)18-20-5-3-7-22(17-20)30-26-28-11-9-25(31-26)27-10-4-12-32-13-15-33-16-14-32/h1-3,5-9,11,17,19,29H,4,10,12-16,18H2,(H2,27,28,30,31). The molecule has 0 unspecified atom stereocenters. The number of fused-ring (bicyclic) bond motifs is 1. The van der Waals surface area contributed by atoms with E-state index in [-0.39, 0.29) is 0 Å². The molecule has 2 aromatic carbocycles. The Morgan fingerprint density at radius 1 is 1.00 bits per heavy atom. The van der Waals surface area contributed by atoms with Gasteiger partial charge in [-0.25, -0.2) is 4.98 Å². The van der Waals surface area contributed by atoms with Crippen molar-refractivity contribution >= 4 is 28.4 Å². The van der Waals surface area contributed by atoms with E-state index in [0.29, 0.717) is 5.95 Å². The number of nitrogens with one attached hydrogen (secondary N) is 3. The molecule has 1 aliphatic heterocycles. The highest BCUT2D eigenvalue weighted by molar-refractivity contribution is 5.80. The predicted molar refractivity (Wildman–Crippen MR) is 133 cm³/mol. The summed E-state index contributed by atoms with van der Waals surface area (Å²) in [6, 6.07) is 20.9. The van der Waals surface area contributed by atoms with Gasteiger partial charge >= 0.3 is 0 Å². The Kier molecular flexibility index (Phi) is 6.79. The third kappa shape index (κ3) is 5.88. The fourth-order valence-electron chi connectivity index (χ4n) is 4.20. The predicted octanol–water partition coefficient (Wildman–Crippen LogP) is 4.43. The van der Waals surface area contributed by atoms with Gasteiger partial charge in [-0.3, -0.25) is 4.90 Å². The minimum atomic E-state index is 0.593. The highest BCUT2D eigenvalue weighted by atomic mass is 16.5. The van der Waals surface area contributed by atoms with Crippen molar-refractivity contribution in [1.29, 1.82) is 0 Å². The molecule has 170 valence electrons. The van der Waals surface area contributed by atoms with Gasteiger partial charge in [-0.15, -0.1) is 0 Å². The Hall–Kier alpha value is -3.42. The molecular formula is C26H30N6O. The van der Waals surface area contributed by atoms with Crippen molar-refractivity contribution in [3.8, 4) is 0 Å². The summed E-state index contributed by atoms with van der Waals surface area (Å²) in [5.74, 6) is 1.43. The average molecular weight is 443 g/mol. The van der Waals surface area contributed by atoms with E-state index in [0.717, 1.165) is 63.7 Å². The van der Waals surface area contributed by atoms with Gasteiger partial charge in [0.1, 0.15) is 5.82 Å². The van der Waals surface area contributed by atoms with Gasteiger partial charge in [0.15, 0.2) is 0 Å². The van der Waals surface area contributed by atoms with E-state index < -0.39 is 0 Å². The smallest absolute Gasteiger partial charge is 0.229 e. The van der Waals surface area contributed by atoms with Crippen LogP contribution in [0.15, 0.2) is 66.9 Å². The quantitative estimate of drug-likeness (QED) is 0.333. The van der Waals surface area contributed by atoms with E-state index in [1.54, 1.807) is 6.20 Å². The number of hydrogen-bond acceptors (Lipinski definition) is 6. The molecule has 0 radical (unpaired) electrons. The molecule has 0 aliphatic carbocycles. The van der Waals surface area contributed by atoms with Crippen molar-refractivity contribution in [2.24, 2.45) is 0 Å². The number of ether oxygens (including phenoxy) is 1. The number of anilines is 3. The first-order valence-electron chi connectivity index (χ1n) is 11.6. The molecule has 7 heteroatoms. The first-order valence-corrected chi connectivity index (χ1v) is 11.6. The van der Waals surface area contributed by atoms with Gasteiger partial charge < -0.3 is 20.4 Å². The van der Waals surface area contributed by atoms with Crippen LogP contribution in [0, 0.1) is 0 Å². The number of aromatic nitrogens is 3. The Morgan fingerprint density at radius 3 is 2.82 bits per heavy atom. The minimum Gasteiger partial charge on any atom is -0.379 e. The third-order valence-electron chi connectivity index (χ3n) is 5.88. The lowest BCUT2D eigenvalue weighted by molar-refractivity contribution is 0.0378. The van der Waals surface area contributed by atoms with E-state index in [1.807, 2.05) is 12.1 Å². The average Bonchev–Trinajstić information content (AvgIpc) is 3.25. The molecule has 0 spiro atoms. The van der Waals surface area contributed by atoms with Crippen LogP contribution in [0.25, 0.3) is 10.9 Å². The fourth-order valence-corrected chi connectivity index (χ4v) is 4.20. The molecule has 1 saturated heterocycles. The van der Waals surface area contributed by atoms with Gasteiger partial charge in [0.05, 0.1) is 13.2 Å². The number of para-hydroxylation sites is 1. The number of H-pyrrole nitrogens is 1. The Morgan fingerprint density at radius 2 is 1.91 bits per heavy atom. The van der Waals surface area contributed by atoms with Gasteiger partial charge in [-0.2, -0.15) is 4.98 Å². The number of morpholine rings is 1. The second-order valence-electron chi connectivity index (χ2n) is 8.38. The maximum Gasteiger partial charge on any atom is 0.229 e. The SMILES string of the molecule is c1cc(Cc2cc3ccccc3[nH]2)cc(Nc2nccc(NCCCN3CCOCC3)n2)c1. The zero-order valence-corrected chi connectivity index (χ0v) is 18.8. The van der Waals surface area contributed by atoms with Crippen LogP contribution in [0.5, 0.6) is 0 Å². The van der Waals surface area contributed by atoms with Crippen molar-refractivity contribution in [1.82, 2.24) is 19.9 Å². The lowest BCUT2D eigenvalue weighted by atomic mass is 10.1. The topological polar surface area (TPSA) is 78.1 Å².